The van der Waals surface area contributed by atoms with Gasteiger partial charge in [-0.05, 0) is 36.5 Å². The number of carboxylic acids is 1. The van der Waals surface area contributed by atoms with Gasteiger partial charge < -0.3 is 15.2 Å². The highest BCUT2D eigenvalue weighted by atomic mass is 19.3. The number of anilines is 1. The zero-order chi connectivity index (χ0) is 21.3. The lowest BCUT2D eigenvalue weighted by Gasteiger charge is -2.26. The van der Waals surface area contributed by atoms with Gasteiger partial charge in [0.15, 0.2) is 6.61 Å². The van der Waals surface area contributed by atoms with E-state index in [0.717, 1.165) is 0 Å². The van der Waals surface area contributed by atoms with Gasteiger partial charge in [-0.15, -0.1) is 0 Å². The molecule has 0 aliphatic heterocycles. The van der Waals surface area contributed by atoms with Crippen LogP contribution >= 0.6 is 0 Å². The predicted molar refractivity (Wildman–Crippen MR) is 91.7 cm³/mol. The lowest BCUT2D eigenvalue weighted by Crippen LogP contribution is -2.40. The number of carbonyl (C=O) groups is 3. The van der Waals surface area contributed by atoms with Gasteiger partial charge in [0.2, 0.25) is 5.91 Å². The van der Waals surface area contributed by atoms with E-state index in [0.29, 0.717) is 6.42 Å². The third-order valence-corrected chi connectivity index (χ3v) is 5.14. The fourth-order valence-electron chi connectivity index (χ4n) is 3.78. The minimum absolute atomic E-state index is 0.0548. The quantitative estimate of drug-likeness (QED) is 0.405. The first kappa shape index (κ1) is 20.8. The molecule has 0 radical (unpaired) electrons. The van der Waals surface area contributed by atoms with Crippen LogP contribution in [0.25, 0.3) is 0 Å². The number of halogens is 4. The molecule has 0 saturated heterocycles. The number of fused-ring (bicyclic) bond motifs is 2. The molecule has 2 bridgehead atoms. The van der Waals surface area contributed by atoms with Crippen LogP contribution < -0.4 is 5.32 Å². The van der Waals surface area contributed by atoms with Crippen molar-refractivity contribution < 1.29 is 41.8 Å². The highest BCUT2D eigenvalue weighted by Crippen LogP contribution is 2.49. The molecule has 0 spiro atoms. The molecule has 156 valence electrons. The number of aromatic carboxylic acids is 1. The molecule has 1 aromatic rings. The number of benzene rings is 1. The summed E-state index contributed by atoms with van der Waals surface area (Å²) in [6.07, 6.45) is -0.134. The Morgan fingerprint density at radius 1 is 1.17 bits per heavy atom. The van der Waals surface area contributed by atoms with Crippen molar-refractivity contribution in [3.8, 4) is 0 Å². The first-order valence-electron chi connectivity index (χ1n) is 8.75. The van der Waals surface area contributed by atoms with Crippen LogP contribution in [0, 0.1) is 23.7 Å². The second kappa shape index (κ2) is 7.84. The SMILES string of the molecule is O=C(O)c1cccc(NC(=O)[C@@H]2[C@@H](C(=O)OCC(F)(F)C(F)F)[C@H]3C=C[C@H]2C3)c1. The minimum atomic E-state index is -4.47. The van der Waals surface area contributed by atoms with Crippen LogP contribution in [0.1, 0.15) is 16.8 Å². The van der Waals surface area contributed by atoms with Crippen molar-refractivity contribution in [2.75, 3.05) is 11.9 Å². The summed E-state index contributed by atoms with van der Waals surface area (Å²) in [5.74, 6) is -10.2. The average Bonchev–Trinajstić information content (AvgIpc) is 3.27. The first-order valence-corrected chi connectivity index (χ1v) is 8.75. The van der Waals surface area contributed by atoms with Crippen LogP contribution in [0.3, 0.4) is 0 Å². The standard InChI is InChI=1S/C19H17F4NO5/c20-18(21)19(22,23)8-29-17(28)14-10-5-4-9(6-10)13(14)15(25)24-12-3-1-2-11(7-12)16(26)27/h1-5,7,9-10,13-14,18H,6,8H2,(H,24,25)(H,26,27)/t9-,10-,13-,14-/m0/s1. The minimum Gasteiger partial charge on any atom is -0.478 e. The van der Waals surface area contributed by atoms with Gasteiger partial charge >= 0.3 is 24.3 Å². The molecule has 10 heteroatoms. The summed E-state index contributed by atoms with van der Waals surface area (Å²) in [6.45, 7) is -1.77. The number of carboxylic acid groups (broad SMARTS) is 1. The maximum atomic E-state index is 13.1. The Morgan fingerprint density at radius 2 is 1.83 bits per heavy atom. The maximum absolute atomic E-state index is 13.1. The number of carbonyl (C=O) groups excluding carboxylic acids is 2. The van der Waals surface area contributed by atoms with Crippen molar-refractivity contribution in [3.05, 3.63) is 42.0 Å². The monoisotopic (exact) mass is 415 g/mol. The Kier molecular flexibility index (Phi) is 5.63. The van der Waals surface area contributed by atoms with Crippen LogP contribution in [0.2, 0.25) is 0 Å². The number of ether oxygens (including phenoxy) is 1. The van der Waals surface area contributed by atoms with Crippen molar-refractivity contribution in [1.29, 1.82) is 0 Å². The van der Waals surface area contributed by atoms with Crippen LogP contribution in [0.15, 0.2) is 36.4 Å². The van der Waals surface area contributed by atoms with Crippen LogP contribution in [0.4, 0.5) is 23.2 Å². The number of nitrogens with one attached hydrogen (secondary N) is 1. The summed E-state index contributed by atoms with van der Waals surface area (Å²) in [6, 6.07) is 5.46. The number of hydrogen-bond acceptors (Lipinski definition) is 4. The Morgan fingerprint density at radius 3 is 2.45 bits per heavy atom. The third kappa shape index (κ3) is 4.25. The molecule has 1 saturated carbocycles. The summed E-state index contributed by atoms with van der Waals surface area (Å²) in [4.78, 5) is 36.1. The molecule has 2 aliphatic carbocycles. The molecule has 0 unspecified atom stereocenters. The molecule has 1 fully saturated rings. The molecule has 0 aromatic heterocycles. The summed E-state index contributed by atoms with van der Waals surface area (Å²) in [5.41, 5.74) is 0.138. The van der Waals surface area contributed by atoms with E-state index in [1.54, 1.807) is 12.2 Å². The van der Waals surface area contributed by atoms with Crippen LogP contribution in [-0.2, 0) is 14.3 Å². The molecule has 2 N–H and O–H groups in total. The largest absolute Gasteiger partial charge is 0.478 e. The van der Waals surface area contributed by atoms with Gasteiger partial charge in [0.1, 0.15) is 0 Å². The number of esters is 1. The molecule has 2 aliphatic rings. The molecule has 6 nitrogen and oxygen atoms in total. The van der Waals surface area contributed by atoms with Crippen molar-refractivity contribution in [2.24, 2.45) is 23.7 Å². The predicted octanol–water partition coefficient (Wildman–Crippen LogP) is 3.21. The fraction of sp³-hybridized carbons (Fsp3) is 0.421. The second-order valence-corrected chi connectivity index (χ2v) is 7.04. The molecule has 4 atom stereocenters. The smallest absolute Gasteiger partial charge is 0.340 e. The zero-order valence-corrected chi connectivity index (χ0v) is 14.9. The summed E-state index contributed by atoms with van der Waals surface area (Å²) >= 11 is 0. The maximum Gasteiger partial charge on any atom is 0.340 e. The van der Waals surface area contributed by atoms with E-state index >= 15 is 0 Å². The number of hydrogen-bond donors (Lipinski definition) is 2. The fourth-order valence-corrected chi connectivity index (χ4v) is 3.78. The Hall–Kier alpha value is -2.91. The van der Waals surface area contributed by atoms with Crippen molar-refractivity contribution in [2.45, 2.75) is 18.8 Å². The molecule has 1 amide bonds. The van der Waals surface area contributed by atoms with Gasteiger partial charge in [0.05, 0.1) is 17.4 Å². The Bertz CT molecular complexity index is 857. The number of amides is 1. The van der Waals surface area contributed by atoms with E-state index in [1.807, 2.05) is 0 Å². The van der Waals surface area contributed by atoms with Gasteiger partial charge in [0, 0.05) is 5.69 Å². The average molecular weight is 415 g/mol. The highest BCUT2D eigenvalue weighted by Gasteiger charge is 2.53. The molecular weight excluding hydrogens is 398 g/mol. The number of rotatable bonds is 7. The van der Waals surface area contributed by atoms with Gasteiger partial charge in [-0.2, -0.15) is 8.78 Å². The van der Waals surface area contributed by atoms with E-state index in [4.69, 9.17) is 5.11 Å². The summed E-state index contributed by atoms with van der Waals surface area (Å²) in [5, 5.41) is 11.5. The molecular formula is C19H17F4NO5. The number of alkyl halides is 4. The Labute approximate surface area is 162 Å². The van der Waals surface area contributed by atoms with Crippen molar-refractivity contribution in [3.63, 3.8) is 0 Å². The van der Waals surface area contributed by atoms with Gasteiger partial charge in [0.25, 0.3) is 0 Å². The topological polar surface area (TPSA) is 92.7 Å². The van der Waals surface area contributed by atoms with Gasteiger partial charge in [-0.1, -0.05) is 18.2 Å². The normalized spacial score (nSPS) is 25.3. The number of allylic oxidation sites excluding steroid dienone is 2. The van der Waals surface area contributed by atoms with Gasteiger partial charge in [-0.25, -0.2) is 13.6 Å². The highest BCUT2D eigenvalue weighted by molar-refractivity contribution is 5.98. The van der Waals surface area contributed by atoms with Crippen molar-refractivity contribution in [1.82, 2.24) is 0 Å². The third-order valence-electron chi connectivity index (χ3n) is 5.14. The van der Waals surface area contributed by atoms with Crippen molar-refractivity contribution >= 4 is 23.5 Å². The van der Waals surface area contributed by atoms with E-state index in [2.05, 4.69) is 10.1 Å². The summed E-state index contributed by atoms with van der Waals surface area (Å²) in [7, 11) is 0. The molecule has 3 rings (SSSR count). The van der Waals surface area contributed by atoms with E-state index in [9.17, 15) is 31.9 Å². The zero-order valence-electron chi connectivity index (χ0n) is 14.9. The van der Waals surface area contributed by atoms with Gasteiger partial charge in [-0.3, -0.25) is 9.59 Å². The lowest BCUT2D eigenvalue weighted by atomic mass is 9.82. The first-order chi connectivity index (χ1) is 13.6. The van der Waals surface area contributed by atoms with E-state index < -0.39 is 54.6 Å². The lowest BCUT2D eigenvalue weighted by molar-refractivity contribution is -0.184. The Balaban J connectivity index is 1.72. The second-order valence-electron chi connectivity index (χ2n) is 7.04. The molecule has 0 heterocycles. The summed E-state index contributed by atoms with van der Waals surface area (Å²) < 4.78 is 55.1. The van der Waals surface area contributed by atoms with Crippen LogP contribution in [0.5, 0.6) is 0 Å². The molecule has 1 aromatic carbocycles. The van der Waals surface area contributed by atoms with E-state index in [1.165, 1.54) is 24.3 Å². The molecule has 29 heavy (non-hydrogen) atoms. The van der Waals surface area contributed by atoms with Crippen LogP contribution in [-0.4, -0.2) is 41.9 Å². The van der Waals surface area contributed by atoms with E-state index in [-0.39, 0.29) is 17.2 Å².